The van der Waals surface area contributed by atoms with Crippen LogP contribution in [0.5, 0.6) is 0 Å². The smallest absolute Gasteiger partial charge is 0.0588 e. The predicted octanol–water partition coefficient (Wildman–Crippen LogP) is 38.4. The van der Waals surface area contributed by atoms with E-state index in [0.29, 0.717) is 0 Å². The zero-order chi connectivity index (χ0) is 88.5. The SMILES string of the molecule is CCCCCCCCC1(CCCCCCCC)c2cc(-c3cc(CCCCCC)c(-n4c5ccc(-c6ccccc6)cc5c5ccc6c(c54)C(CCCCCCCC)(CCCCCCCC)c4cc(C)ccc4-6)cc3CCCCCC)ccc2-c2ccc3c4cc(-c5ccccc5)ccc4n(-c4ccc(N(c5ccc(C)cc5)c5ccc(-c6ccccc6)cc5)cc4)c3c21. The van der Waals surface area contributed by atoms with Gasteiger partial charge in [-0.15, -0.1) is 0 Å². The highest BCUT2D eigenvalue weighted by molar-refractivity contribution is 6.16. The van der Waals surface area contributed by atoms with Crippen LogP contribution in [0.25, 0.3) is 122 Å². The van der Waals surface area contributed by atoms with Crippen molar-refractivity contribution in [3.8, 4) is 78.1 Å². The molecule has 2 aliphatic rings. The van der Waals surface area contributed by atoms with Crippen LogP contribution in [-0.4, -0.2) is 9.13 Å². The molecule has 0 unspecified atom stereocenters. The Bertz CT molecular complexity index is 6180. The molecule has 15 aromatic rings. The van der Waals surface area contributed by atoms with Gasteiger partial charge in [-0.1, -0.05) is 427 Å². The third kappa shape index (κ3) is 19.1. The fraction of sp³-hybridized carbons (Fsp3) is 0.381. The van der Waals surface area contributed by atoms with Crippen molar-refractivity contribution in [2.75, 3.05) is 4.90 Å². The second-order valence-electron chi connectivity index (χ2n) is 39.0. The molecule has 664 valence electrons. The summed E-state index contributed by atoms with van der Waals surface area (Å²) >= 11 is 0. The average molecular weight is 1700 g/mol. The zero-order valence-electron chi connectivity index (χ0n) is 79.7. The Balaban J connectivity index is 0.894. The number of nitrogens with zero attached hydrogens (tertiary/aromatic N) is 3. The van der Waals surface area contributed by atoms with Gasteiger partial charge in [0.25, 0.3) is 0 Å². The van der Waals surface area contributed by atoms with Crippen LogP contribution in [0.4, 0.5) is 17.1 Å². The largest absolute Gasteiger partial charge is 0.311 e. The lowest BCUT2D eigenvalue weighted by Crippen LogP contribution is -2.26. The van der Waals surface area contributed by atoms with Crippen LogP contribution in [0.3, 0.4) is 0 Å². The second kappa shape index (κ2) is 42.9. The van der Waals surface area contributed by atoms with Crippen molar-refractivity contribution in [3.05, 3.63) is 317 Å². The molecule has 0 aliphatic heterocycles. The van der Waals surface area contributed by atoms with E-state index in [4.69, 9.17) is 0 Å². The van der Waals surface area contributed by atoms with Gasteiger partial charge in [-0.3, -0.25) is 0 Å². The van der Waals surface area contributed by atoms with Gasteiger partial charge in [0.05, 0.1) is 22.1 Å². The first-order chi connectivity index (χ1) is 63.6. The maximum absolute atomic E-state index is 2.93. The molecule has 3 nitrogen and oxygen atoms in total. The lowest BCUT2D eigenvalue weighted by molar-refractivity contribution is 0.399. The molecule has 0 saturated carbocycles. The number of hydrogen-bond acceptors (Lipinski definition) is 1. The van der Waals surface area contributed by atoms with Crippen LogP contribution in [0, 0.1) is 13.8 Å². The van der Waals surface area contributed by atoms with Gasteiger partial charge in [0.1, 0.15) is 0 Å². The molecule has 0 atom stereocenters. The van der Waals surface area contributed by atoms with Gasteiger partial charge in [0, 0.05) is 60.8 Å². The molecule has 0 amide bonds. The van der Waals surface area contributed by atoms with Crippen LogP contribution in [0.2, 0.25) is 0 Å². The standard InChI is InChI=1S/C126H145N3/c1-9-15-21-27-31-46-82-125(83-47-32-28-22-16-10-2)116-86-93(8)60-74-107(116)109-77-79-112-115-88-99(96-54-44-37-45-55-96)65-81-119(115)129(124(112)122(109)125)120-91-100(56-38-25-19-13-5)113(89-102(120)57-39-26-20-14-6)101-63-75-108-110-76-78-111-114-87-98(95-52-42-36-43-53-95)64-80-118(114)128(123(111)121(110)126(117(108)90-101,84-48-33-29-23-17-11-3)85-49-34-30-24-18-12-4)106-72-70-105(71-73-106)127(103-66-58-92(7)59-67-103)104-68-61-97(62-69-104)94-50-40-35-41-51-94/h35-37,40-45,50-55,58-81,86-91H,9-34,38-39,46-49,56-57,82-85H2,1-8H3. The Morgan fingerprint density at radius 1 is 0.240 bits per heavy atom. The summed E-state index contributed by atoms with van der Waals surface area (Å²) in [6, 6.07) is 108. The van der Waals surface area contributed by atoms with E-state index in [2.05, 4.69) is 342 Å². The van der Waals surface area contributed by atoms with Crippen molar-refractivity contribution < 1.29 is 0 Å². The van der Waals surface area contributed by atoms with E-state index in [-0.39, 0.29) is 10.8 Å². The third-order valence-electron chi connectivity index (χ3n) is 30.0. The molecular formula is C126H145N3. The molecule has 2 aromatic heterocycles. The highest BCUT2D eigenvalue weighted by atomic mass is 15.1. The predicted molar refractivity (Wildman–Crippen MR) is 561 cm³/mol. The van der Waals surface area contributed by atoms with E-state index in [1.54, 1.807) is 22.3 Å². The Morgan fingerprint density at radius 3 is 1.05 bits per heavy atom. The minimum absolute atomic E-state index is 0.138. The van der Waals surface area contributed by atoms with Crippen molar-refractivity contribution >= 4 is 60.7 Å². The molecule has 0 spiro atoms. The molecule has 17 rings (SSSR count). The fourth-order valence-corrected chi connectivity index (χ4v) is 23.2. The second-order valence-corrected chi connectivity index (χ2v) is 39.0. The van der Waals surface area contributed by atoms with E-state index in [1.165, 1.54) is 349 Å². The van der Waals surface area contributed by atoms with E-state index < -0.39 is 0 Å². The number of unbranched alkanes of at least 4 members (excludes halogenated alkanes) is 26. The maximum Gasteiger partial charge on any atom is 0.0588 e. The Kier molecular flexibility index (Phi) is 30.0. The van der Waals surface area contributed by atoms with Gasteiger partial charge in [0.2, 0.25) is 0 Å². The normalized spacial score (nSPS) is 13.0. The molecular weight excluding hydrogens is 1560 g/mol. The van der Waals surface area contributed by atoms with Gasteiger partial charge in [0.15, 0.2) is 0 Å². The topological polar surface area (TPSA) is 13.1 Å². The van der Waals surface area contributed by atoms with Crippen molar-refractivity contribution in [3.63, 3.8) is 0 Å². The first-order valence-electron chi connectivity index (χ1n) is 51.5. The van der Waals surface area contributed by atoms with Crippen molar-refractivity contribution in [1.29, 1.82) is 0 Å². The number of rotatable bonds is 47. The summed E-state index contributed by atoms with van der Waals surface area (Å²) < 4.78 is 5.67. The summed E-state index contributed by atoms with van der Waals surface area (Å²) in [7, 11) is 0. The van der Waals surface area contributed by atoms with E-state index in [9.17, 15) is 0 Å². The Morgan fingerprint density at radius 2 is 0.589 bits per heavy atom. The quantitative estimate of drug-likeness (QED) is 0.0347. The molecule has 2 heterocycles. The molecule has 129 heavy (non-hydrogen) atoms. The summed E-state index contributed by atoms with van der Waals surface area (Å²) in [4.78, 5) is 2.45. The monoisotopic (exact) mass is 1700 g/mol. The van der Waals surface area contributed by atoms with Gasteiger partial charge < -0.3 is 14.0 Å². The number of hydrogen-bond donors (Lipinski definition) is 0. The molecule has 0 N–H and O–H groups in total. The van der Waals surface area contributed by atoms with Gasteiger partial charge in [-0.25, -0.2) is 0 Å². The van der Waals surface area contributed by atoms with Crippen LogP contribution >= 0.6 is 0 Å². The van der Waals surface area contributed by atoms with Crippen molar-refractivity contribution in [2.24, 2.45) is 0 Å². The summed E-state index contributed by atoms with van der Waals surface area (Å²) in [6.45, 7) is 18.8. The molecule has 13 aromatic carbocycles. The number of aryl methyl sites for hydroxylation is 4. The Hall–Kier alpha value is -10.7. The van der Waals surface area contributed by atoms with Crippen molar-refractivity contribution in [1.82, 2.24) is 9.13 Å². The molecule has 0 radical (unpaired) electrons. The summed E-state index contributed by atoms with van der Waals surface area (Å²) in [5.41, 5.74) is 39.2. The molecule has 0 bridgehead atoms. The number of anilines is 3. The summed E-state index contributed by atoms with van der Waals surface area (Å²) in [5, 5.41) is 5.44. The molecule has 0 fully saturated rings. The lowest BCUT2D eigenvalue weighted by Gasteiger charge is -2.34. The third-order valence-corrected chi connectivity index (χ3v) is 30.0. The lowest BCUT2D eigenvalue weighted by atomic mass is 9.69. The first kappa shape index (κ1) is 90.2. The number of fused-ring (bicyclic) bond motifs is 14. The Labute approximate surface area is 775 Å². The highest BCUT2D eigenvalue weighted by Crippen LogP contribution is 2.61. The summed E-state index contributed by atoms with van der Waals surface area (Å²) in [5.74, 6) is 0. The van der Waals surface area contributed by atoms with Crippen LogP contribution in [0.15, 0.2) is 273 Å². The van der Waals surface area contributed by atoms with Crippen LogP contribution < -0.4 is 4.90 Å². The number of benzene rings is 13. The van der Waals surface area contributed by atoms with Crippen LogP contribution in [0.1, 0.15) is 317 Å². The number of aromatic nitrogens is 2. The minimum Gasteiger partial charge on any atom is -0.311 e. The van der Waals surface area contributed by atoms with Crippen LogP contribution in [-0.2, 0) is 23.7 Å². The molecule has 3 heteroatoms. The fourth-order valence-electron chi connectivity index (χ4n) is 23.2. The molecule has 2 aliphatic carbocycles. The maximum atomic E-state index is 2.93. The minimum atomic E-state index is -0.280. The first-order valence-corrected chi connectivity index (χ1v) is 51.5. The zero-order valence-corrected chi connectivity index (χ0v) is 79.7. The van der Waals surface area contributed by atoms with E-state index in [0.717, 1.165) is 55.6 Å². The van der Waals surface area contributed by atoms with Gasteiger partial charge in [-0.05, 0) is 256 Å². The highest BCUT2D eigenvalue weighted by Gasteiger charge is 2.47. The van der Waals surface area contributed by atoms with Gasteiger partial charge >= 0.3 is 0 Å². The van der Waals surface area contributed by atoms with Crippen molar-refractivity contribution in [2.45, 2.75) is 310 Å². The summed E-state index contributed by atoms with van der Waals surface area (Å²) in [6.07, 6.45) is 46.9. The van der Waals surface area contributed by atoms with E-state index >= 15 is 0 Å². The van der Waals surface area contributed by atoms with E-state index in [1.807, 2.05) is 0 Å². The molecule has 0 saturated heterocycles. The van der Waals surface area contributed by atoms with Gasteiger partial charge in [-0.2, -0.15) is 0 Å². The average Bonchev–Trinajstić information content (AvgIpc) is 1.53.